The fourth-order valence-corrected chi connectivity index (χ4v) is 2.99. The highest BCUT2D eigenvalue weighted by atomic mass is 16.5. The molecule has 1 saturated heterocycles. The van der Waals surface area contributed by atoms with Crippen molar-refractivity contribution in [3.05, 3.63) is 29.8 Å². The molecule has 1 aromatic carbocycles. The second-order valence-electron chi connectivity index (χ2n) is 6.95. The number of benzene rings is 1. The highest BCUT2D eigenvalue weighted by molar-refractivity contribution is 5.98. The van der Waals surface area contributed by atoms with Gasteiger partial charge in [-0.2, -0.15) is 0 Å². The van der Waals surface area contributed by atoms with Crippen LogP contribution in [0.1, 0.15) is 44.0 Å². The van der Waals surface area contributed by atoms with E-state index in [9.17, 15) is 14.4 Å². The zero-order valence-electron chi connectivity index (χ0n) is 16.3. The van der Waals surface area contributed by atoms with Crippen LogP contribution in [-0.4, -0.2) is 54.9 Å². The summed E-state index contributed by atoms with van der Waals surface area (Å²) < 4.78 is 5.46. The Kier molecular flexibility index (Phi) is 7.64. The van der Waals surface area contributed by atoms with E-state index in [1.54, 1.807) is 29.2 Å². The zero-order chi connectivity index (χ0) is 19.8. The number of ether oxygens (including phenoxy) is 1. The molecule has 1 atom stereocenters. The molecule has 0 spiro atoms. The Hall–Kier alpha value is -2.57. The van der Waals surface area contributed by atoms with Crippen molar-refractivity contribution >= 4 is 17.7 Å². The Balaban J connectivity index is 1.88. The van der Waals surface area contributed by atoms with Crippen LogP contribution in [0, 0.1) is 5.92 Å². The number of carbonyl (C=O) groups is 3. The molecule has 1 heterocycles. The van der Waals surface area contributed by atoms with Gasteiger partial charge in [0, 0.05) is 25.0 Å². The number of hydrogen-bond donors (Lipinski definition) is 2. The molecule has 0 radical (unpaired) electrons. The third-order valence-corrected chi connectivity index (χ3v) is 4.48. The molecule has 27 heavy (non-hydrogen) atoms. The second-order valence-corrected chi connectivity index (χ2v) is 6.95. The molecule has 7 nitrogen and oxygen atoms in total. The van der Waals surface area contributed by atoms with E-state index in [4.69, 9.17) is 4.74 Å². The van der Waals surface area contributed by atoms with Gasteiger partial charge in [0.05, 0.1) is 18.7 Å². The van der Waals surface area contributed by atoms with Crippen LogP contribution in [0.25, 0.3) is 0 Å². The summed E-state index contributed by atoms with van der Waals surface area (Å²) in [7, 11) is 0. The SMILES string of the molecule is CCOc1ccccc1C(=O)NCC(=O)N1CCCC(NC(=O)C(C)C)C1. The predicted molar refractivity (Wildman–Crippen MR) is 103 cm³/mol. The molecule has 0 aliphatic carbocycles. The third kappa shape index (κ3) is 5.98. The molecule has 2 N–H and O–H groups in total. The van der Waals surface area contributed by atoms with Crippen molar-refractivity contribution in [3.8, 4) is 5.75 Å². The minimum Gasteiger partial charge on any atom is -0.493 e. The van der Waals surface area contributed by atoms with Crippen LogP contribution in [0.3, 0.4) is 0 Å². The van der Waals surface area contributed by atoms with Crippen LogP contribution in [0.4, 0.5) is 0 Å². The van der Waals surface area contributed by atoms with Gasteiger partial charge in [-0.25, -0.2) is 0 Å². The first-order chi connectivity index (χ1) is 12.9. The number of carbonyl (C=O) groups excluding carboxylic acids is 3. The first-order valence-electron chi connectivity index (χ1n) is 9.50. The van der Waals surface area contributed by atoms with Gasteiger partial charge in [0.2, 0.25) is 11.8 Å². The van der Waals surface area contributed by atoms with E-state index >= 15 is 0 Å². The Morgan fingerprint density at radius 2 is 2.00 bits per heavy atom. The van der Waals surface area contributed by atoms with Crippen LogP contribution >= 0.6 is 0 Å². The Morgan fingerprint density at radius 3 is 2.70 bits per heavy atom. The highest BCUT2D eigenvalue weighted by Gasteiger charge is 2.25. The lowest BCUT2D eigenvalue weighted by Gasteiger charge is -2.33. The minimum atomic E-state index is -0.339. The lowest BCUT2D eigenvalue weighted by Crippen LogP contribution is -2.52. The van der Waals surface area contributed by atoms with E-state index in [1.807, 2.05) is 20.8 Å². The third-order valence-electron chi connectivity index (χ3n) is 4.48. The molecule has 0 saturated carbocycles. The van der Waals surface area contributed by atoms with Crippen molar-refractivity contribution < 1.29 is 19.1 Å². The molecule has 0 aromatic heterocycles. The number of piperidine rings is 1. The maximum atomic E-state index is 12.5. The number of amides is 3. The lowest BCUT2D eigenvalue weighted by atomic mass is 10.0. The van der Waals surface area contributed by atoms with Gasteiger partial charge in [-0.3, -0.25) is 14.4 Å². The van der Waals surface area contributed by atoms with Crippen molar-refractivity contribution in [2.75, 3.05) is 26.2 Å². The normalized spacial score (nSPS) is 16.7. The van der Waals surface area contributed by atoms with Gasteiger partial charge in [-0.1, -0.05) is 26.0 Å². The van der Waals surface area contributed by atoms with Gasteiger partial charge in [0.25, 0.3) is 5.91 Å². The van der Waals surface area contributed by atoms with Crippen molar-refractivity contribution in [2.24, 2.45) is 5.92 Å². The number of likely N-dealkylation sites (tertiary alicyclic amines) is 1. The van der Waals surface area contributed by atoms with Crippen molar-refractivity contribution in [1.82, 2.24) is 15.5 Å². The van der Waals surface area contributed by atoms with E-state index in [2.05, 4.69) is 10.6 Å². The summed E-state index contributed by atoms with van der Waals surface area (Å²) in [6.45, 7) is 7.03. The fourth-order valence-electron chi connectivity index (χ4n) is 2.99. The average Bonchev–Trinajstić information content (AvgIpc) is 2.66. The highest BCUT2D eigenvalue weighted by Crippen LogP contribution is 2.17. The Morgan fingerprint density at radius 1 is 1.26 bits per heavy atom. The Labute approximate surface area is 160 Å². The monoisotopic (exact) mass is 375 g/mol. The molecule has 3 amide bonds. The molecular weight excluding hydrogens is 346 g/mol. The summed E-state index contributed by atoms with van der Waals surface area (Å²) in [5, 5.41) is 5.65. The van der Waals surface area contributed by atoms with Crippen LogP contribution in [-0.2, 0) is 9.59 Å². The first kappa shape index (κ1) is 20.7. The maximum absolute atomic E-state index is 12.5. The largest absolute Gasteiger partial charge is 0.493 e. The van der Waals surface area contributed by atoms with Gasteiger partial charge < -0.3 is 20.3 Å². The number of rotatable bonds is 7. The molecule has 1 unspecified atom stereocenters. The first-order valence-corrected chi connectivity index (χ1v) is 9.50. The fraction of sp³-hybridized carbons (Fsp3) is 0.550. The molecular formula is C20H29N3O4. The summed E-state index contributed by atoms with van der Waals surface area (Å²) >= 11 is 0. The number of nitrogens with zero attached hydrogens (tertiary/aromatic N) is 1. The summed E-state index contributed by atoms with van der Waals surface area (Å²) in [6.07, 6.45) is 1.69. The maximum Gasteiger partial charge on any atom is 0.255 e. The van der Waals surface area contributed by atoms with Gasteiger partial charge in [0.1, 0.15) is 5.75 Å². The van der Waals surface area contributed by atoms with E-state index in [0.29, 0.717) is 31.0 Å². The zero-order valence-corrected chi connectivity index (χ0v) is 16.3. The molecule has 1 fully saturated rings. The molecule has 1 aliphatic rings. The lowest BCUT2D eigenvalue weighted by molar-refractivity contribution is -0.133. The van der Waals surface area contributed by atoms with E-state index in [0.717, 1.165) is 12.8 Å². The molecule has 7 heteroatoms. The van der Waals surface area contributed by atoms with Gasteiger partial charge in [-0.15, -0.1) is 0 Å². The topological polar surface area (TPSA) is 87.7 Å². The number of hydrogen-bond acceptors (Lipinski definition) is 4. The van der Waals surface area contributed by atoms with Gasteiger partial charge in [-0.05, 0) is 31.9 Å². The van der Waals surface area contributed by atoms with Crippen LogP contribution in [0.2, 0.25) is 0 Å². The van der Waals surface area contributed by atoms with Crippen molar-refractivity contribution in [3.63, 3.8) is 0 Å². The summed E-state index contributed by atoms with van der Waals surface area (Å²) in [5.74, 6) is -0.0786. The quantitative estimate of drug-likeness (QED) is 0.757. The van der Waals surface area contributed by atoms with Gasteiger partial charge in [0.15, 0.2) is 0 Å². The average molecular weight is 375 g/mol. The van der Waals surface area contributed by atoms with E-state index < -0.39 is 0 Å². The summed E-state index contributed by atoms with van der Waals surface area (Å²) in [4.78, 5) is 38.4. The number of para-hydroxylation sites is 1. The smallest absolute Gasteiger partial charge is 0.255 e. The van der Waals surface area contributed by atoms with E-state index in [1.165, 1.54) is 0 Å². The van der Waals surface area contributed by atoms with Crippen LogP contribution < -0.4 is 15.4 Å². The molecule has 148 valence electrons. The molecule has 1 aromatic rings. The van der Waals surface area contributed by atoms with Crippen molar-refractivity contribution in [2.45, 2.75) is 39.7 Å². The second kappa shape index (κ2) is 9.94. The van der Waals surface area contributed by atoms with Crippen molar-refractivity contribution in [1.29, 1.82) is 0 Å². The predicted octanol–water partition coefficient (Wildman–Crippen LogP) is 1.58. The molecule has 2 rings (SSSR count). The van der Waals surface area contributed by atoms with E-state index in [-0.39, 0.29) is 36.2 Å². The summed E-state index contributed by atoms with van der Waals surface area (Å²) in [5.41, 5.74) is 0.410. The minimum absolute atomic E-state index is 0.00451. The van der Waals surface area contributed by atoms with Gasteiger partial charge >= 0.3 is 0 Å². The Bertz CT molecular complexity index is 675. The standard InChI is InChI=1S/C20H29N3O4/c1-4-27-17-10-6-5-9-16(17)20(26)21-12-18(24)23-11-7-8-15(13-23)22-19(25)14(2)3/h5-6,9-10,14-15H,4,7-8,11-13H2,1-3H3,(H,21,26)(H,22,25). The van der Waals surface area contributed by atoms with Crippen LogP contribution in [0.15, 0.2) is 24.3 Å². The molecule has 1 aliphatic heterocycles. The summed E-state index contributed by atoms with van der Waals surface area (Å²) in [6, 6.07) is 6.92. The number of nitrogens with one attached hydrogen (secondary N) is 2. The molecule has 0 bridgehead atoms. The van der Waals surface area contributed by atoms with Crippen LogP contribution in [0.5, 0.6) is 5.75 Å².